The minimum atomic E-state index is -3.74. The van der Waals surface area contributed by atoms with Gasteiger partial charge in [-0.1, -0.05) is 19.1 Å². The summed E-state index contributed by atoms with van der Waals surface area (Å²) in [4.78, 5) is 13.5. The van der Waals surface area contributed by atoms with Crippen LogP contribution in [0.15, 0.2) is 40.6 Å². The third-order valence-electron chi connectivity index (χ3n) is 4.15. The molecule has 1 aliphatic heterocycles. The highest BCUT2D eigenvalue weighted by Gasteiger charge is 2.40. The van der Waals surface area contributed by atoms with E-state index < -0.39 is 16.1 Å². The lowest BCUT2D eigenvalue weighted by atomic mass is 10.0. The van der Waals surface area contributed by atoms with Crippen LogP contribution in [-0.2, 0) is 21.2 Å². The first-order valence-electron chi connectivity index (χ1n) is 7.99. The third-order valence-corrected chi connectivity index (χ3v) is 7.71. The fourth-order valence-corrected chi connectivity index (χ4v) is 5.81. The molecule has 1 aliphatic rings. The standard InChI is InChI=1S/C17H20N2O4S2/c1-3-14-8-9-15(24-14)25(21,22)19-11-10-18-17(20)16(19)12-4-6-13(23-2)7-5-12/h4-9,16H,3,10-11H2,1-2H3,(H,18,20). The quantitative estimate of drug-likeness (QED) is 0.863. The first-order chi connectivity index (χ1) is 12.0. The van der Waals surface area contributed by atoms with Crippen molar-refractivity contribution in [3.63, 3.8) is 0 Å². The topological polar surface area (TPSA) is 75.7 Å². The molecule has 2 aromatic rings. The molecule has 1 atom stereocenters. The molecule has 3 rings (SSSR count). The summed E-state index contributed by atoms with van der Waals surface area (Å²) >= 11 is 1.26. The van der Waals surface area contributed by atoms with Crippen molar-refractivity contribution < 1.29 is 17.9 Å². The Morgan fingerprint density at radius 1 is 1.24 bits per heavy atom. The number of hydrogen-bond acceptors (Lipinski definition) is 5. The van der Waals surface area contributed by atoms with Gasteiger partial charge in [-0.25, -0.2) is 8.42 Å². The first kappa shape index (κ1) is 17.9. The molecule has 0 spiro atoms. The number of aryl methyl sites for hydroxylation is 1. The Balaban J connectivity index is 2.00. The van der Waals surface area contributed by atoms with E-state index in [1.54, 1.807) is 37.4 Å². The number of thiophene rings is 1. The van der Waals surface area contributed by atoms with Crippen molar-refractivity contribution in [3.05, 3.63) is 46.8 Å². The summed E-state index contributed by atoms with van der Waals surface area (Å²) in [5.74, 6) is 0.340. The minimum absolute atomic E-state index is 0.240. The van der Waals surface area contributed by atoms with Gasteiger partial charge in [-0.2, -0.15) is 4.31 Å². The second-order valence-corrected chi connectivity index (χ2v) is 8.94. The van der Waals surface area contributed by atoms with Gasteiger partial charge in [-0.3, -0.25) is 4.79 Å². The summed E-state index contributed by atoms with van der Waals surface area (Å²) in [6, 6.07) is 9.47. The highest BCUT2D eigenvalue weighted by Crippen LogP contribution is 2.33. The summed E-state index contributed by atoms with van der Waals surface area (Å²) in [6.45, 7) is 2.53. The van der Waals surface area contributed by atoms with Crippen LogP contribution in [0.5, 0.6) is 5.75 Å². The highest BCUT2D eigenvalue weighted by atomic mass is 32.2. The molecule has 6 nitrogen and oxygen atoms in total. The molecule has 0 radical (unpaired) electrons. The predicted molar refractivity (Wildman–Crippen MR) is 96.3 cm³/mol. The van der Waals surface area contributed by atoms with E-state index in [2.05, 4.69) is 5.32 Å². The van der Waals surface area contributed by atoms with Crippen LogP contribution in [0.3, 0.4) is 0 Å². The fraction of sp³-hybridized carbons (Fsp3) is 0.353. The number of amides is 1. The number of ether oxygens (including phenoxy) is 1. The van der Waals surface area contributed by atoms with Gasteiger partial charge < -0.3 is 10.1 Å². The summed E-state index contributed by atoms with van der Waals surface area (Å²) in [6.07, 6.45) is 0.780. The lowest BCUT2D eigenvalue weighted by molar-refractivity contribution is -0.126. The number of hydrogen-bond donors (Lipinski definition) is 1. The van der Waals surface area contributed by atoms with Crippen LogP contribution < -0.4 is 10.1 Å². The van der Waals surface area contributed by atoms with Gasteiger partial charge in [0.2, 0.25) is 5.91 Å². The Labute approximate surface area is 151 Å². The maximum absolute atomic E-state index is 13.1. The monoisotopic (exact) mass is 380 g/mol. The van der Waals surface area contributed by atoms with Crippen molar-refractivity contribution in [2.75, 3.05) is 20.2 Å². The van der Waals surface area contributed by atoms with Gasteiger partial charge in [0.1, 0.15) is 16.0 Å². The first-order valence-corrected chi connectivity index (χ1v) is 10.2. The molecular formula is C17H20N2O4S2. The van der Waals surface area contributed by atoms with E-state index in [4.69, 9.17) is 4.74 Å². The van der Waals surface area contributed by atoms with E-state index in [1.807, 2.05) is 13.0 Å². The number of rotatable bonds is 5. The number of carbonyl (C=O) groups excluding carboxylic acids is 1. The van der Waals surface area contributed by atoms with Crippen LogP contribution in [0.2, 0.25) is 0 Å². The maximum Gasteiger partial charge on any atom is 0.253 e. The number of carbonyl (C=O) groups is 1. The Kier molecular flexibility index (Phi) is 5.12. The van der Waals surface area contributed by atoms with Gasteiger partial charge in [0.25, 0.3) is 10.0 Å². The van der Waals surface area contributed by atoms with Crippen molar-refractivity contribution in [1.29, 1.82) is 0 Å². The van der Waals surface area contributed by atoms with Crippen LogP contribution in [0, 0.1) is 0 Å². The van der Waals surface area contributed by atoms with Crippen molar-refractivity contribution in [2.24, 2.45) is 0 Å². The van der Waals surface area contributed by atoms with Gasteiger partial charge >= 0.3 is 0 Å². The molecule has 134 valence electrons. The molecule has 2 heterocycles. The number of nitrogens with one attached hydrogen (secondary N) is 1. The minimum Gasteiger partial charge on any atom is -0.497 e. The molecule has 25 heavy (non-hydrogen) atoms. The molecule has 8 heteroatoms. The van der Waals surface area contributed by atoms with Crippen LogP contribution >= 0.6 is 11.3 Å². The zero-order valence-electron chi connectivity index (χ0n) is 14.1. The molecule has 1 aromatic carbocycles. The Hall–Kier alpha value is -1.90. The number of nitrogens with zero attached hydrogens (tertiary/aromatic N) is 1. The lowest BCUT2D eigenvalue weighted by Crippen LogP contribution is -2.51. The molecule has 1 aromatic heterocycles. The molecule has 1 fully saturated rings. The number of methoxy groups -OCH3 is 1. The molecule has 1 N–H and O–H groups in total. The van der Waals surface area contributed by atoms with Crippen LogP contribution in [0.25, 0.3) is 0 Å². The molecule has 1 unspecified atom stereocenters. The van der Waals surface area contributed by atoms with Gasteiger partial charge in [-0.05, 0) is 36.2 Å². The van der Waals surface area contributed by atoms with Crippen LogP contribution in [0.1, 0.15) is 23.4 Å². The normalized spacial score (nSPS) is 18.8. The Bertz CT molecular complexity index is 859. The third kappa shape index (κ3) is 3.42. The van der Waals surface area contributed by atoms with Crippen LogP contribution in [-0.4, -0.2) is 38.8 Å². The zero-order valence-corrected chi connectivity index (χ0v) is 15.7. The summed E-state index contributed by atoms with van der Waals surface area (Å²) in [5, 5.41) is 2.76. The summed E-state index contributed by atoms with van der Waals surface area (Å²) in [7, 11) is -2.18. The average Bonchev–Trinajstić information content (AvgIpc) is 3.12. The fourth-order valence-electron chi connectivity index (χ4n) is 2.81. The van der Waals surface area contributed by atoms with E-state index in [1.165, 1.54) is 15.6 Å². The van der Waals surface area contributed by atoms with Gasteiger partial charge in [0, 0.05) is 18.0 Å². The number of benzene rings is 1. The van der Waals surface area contributed by atoms with E-state index >= 15 is 0 Å². The van der Waals surface area contributed by atoms with Gasteiger partial charge in [-0.15, -0.1) is 11.3 Å². The number of piperazine rings is 1. The molecule has 1 amide bonds. The van der Waals surface area contributed by atoms with E-state index in [9.17, 15) is 13.2 Å². The van der Waals surface area contributed by atoms with Crippen molar-refractivity contribution in [3.8, 4) is 5.75 Å². The average molecular weight is 380 g/mol. The van der Waals surface area contributed by atoms with Gasteiger partial charge in [0.05, 0.1) is 7.11 Å². The SMILES string of the molecule is CCc1ccc(S(=O)(=O)N2CCNC(=O)C2c2ccc(OC)cc2)s1. The lowest BCUT2D eigenvalue weighted by Gasteiger charge is -2.33. The summed E-state index contributed by atoms with van der Waals surface area (Å²) < 4.78 is 32.9. The van der Waals surface area contributed by atoms with Crippen molar-refractivity contribution >= 4 is 27.3 Å². The van der Waals surface area contributed by atoms with Crippen molar-refractivity contribution in [1.82, 2.24) is 9.62 Å². The molecule has 0 saturated carbocycles. The molecule has 0 bridgehead atoms. The second-order valence-electron chi connectivity index (χ2n) is 5.66. The number of sulfonamides is 1. The largest absolute Gasteiger partial charge is 0.497 e. The van der Waals surface area contributed by atoms with Crippen LogP contribution in [0.4, 0.5) is 0 Å². The smallest absolute Gasteiger partial charge is 0.253 e. The predicted octanol–water partition coefficient (Wildman–Crippen LogP) is 2.18. The molecule has 0 aliphatic carbocycles. The Morgan fingerprint density at radius 3 is 2.56 bits per heavy atom. The molecular weight excluding hydrogens is 360 g/mol. The zero-order chi connectivity index (χ0) is 18.0. The Morgan fingerprint density at radius 2 is 1.96 bits per heavy atom. The van der Waals surface area contributed by atoms with Gasteiger partial charge in [0.15, 0.2) is 0 Å². The van der Waals surface area contributed by atoms with Crippen molar-refractivity contribution in [2.45, 2.75) is 23.6 Å². The van der Waals surface area contributed by atoms with E-state index in [-0.39, 0.29) is 16.7 Å². The second kappa shape index (κ2) is 7.15. The summed E-state index contributed by atoms with van der Waals surface area (Å²) in [5.41, 5.74) is 0.619. The highest BCUT2D eigenvalue weighted by molar-refractivity contribution is 7.91. The van der Waals surface area contributed by atoms with E-state index in [0.717, 1.165) is 11.3 Å². The molecule has 1 saturated heterocycles. The van der Waals surface area contributed by atoms with E-state index in [0.29, 0.717) is 17.9 Å². The maximum atomic E-state index is 13.1.